The van der Waals surface area contributed by atoms with Crippen LogP contribution in [0.3, 0.4) is 0 Å². The quantitative estimate of drug-likeness (QED) is 0.551. The molecule has 158 valence electrons. The van der Waals surface area contributed by atoms with Crippen molar-refractivity contribution >= 4 is 10.0 Å². The zero-order valence-corrected chi connectivity index (χ0v) is 17.6. The molecule has 1 saturated heterocycles. The van der Waals surface area contributed by atoms with E-state index in [0.29, 0.717) is 31.0 Å². The highest BCUT2D eigenvalue weighted by atomic mass is 32.2. The van der Waals surface area contributed by atoms with Crippen molar-refractivity contribution in [1.82, 2.24) is 19.3 Å². The van der Waals surface area contributed by atoms with Crippen LogP contribution in [-0.4, -0.2) is 40.3 Å². The fourth-order valence-electron chi connectivity index (χ4n) is 3.78. The van der Waals surface area contributed by atoms with Gasteiger partial charge in [-0.3, -0.25) is 4.68 Å². The number of hydrogen-bond donors (Lipinski definition) is 0. The highest BCUT2D eigenvalue weighted by Crippen LogP contribution is 2.27. The minimum Gasteiger partial charge on any atom is -0.487 e. The lowest BCUT2D eigenvalue weighted by atomic mass is 10.0. The Kier molecular flexibility index (Phi) is 6.44. The van der Waals surface area contributed by atoms with Crippen molar-refractivity contribution < 1.29 is 13.2 Å². The molecule has 1 unspecified atom stereocenters. The van der Waals surface area contributed by atoms with E-state index in [2.05, 4.69) is 10.3 Å². The van der Waals surface area contributed by atoms with Gasteiger partial charge in [-0.25, -0.2) is 8.42 Å². The predicted octanol–water partition coefficient (Wildman–Crippen LogP) is 3.49. The maximum atomic E-state index is 13.1. The lowest BCUT2D eigenvalue weighted by molar-refractivity contribution is 0.231. The molecular weight excluding hydrogens is 400 g/mol. The lowest BCUT2D eigenvalue weighted by Crippen LogP contribution is -2.44. The Labute approximate surface area is 177 Å². The lowest BCUT2D eigenvalue weighted by Gasteiger charge is -2.34. The Bertz CT molecular complexity index is 1040. The van der Waals surface area contributed by atoms with Gasteiger partial charge in [-0.05, 0) is 43.5 Å². The third kappa shape index (κ3) is 4.88. The van der Waals surface area contributed by atoms with E-state index >= 15 is 0 Å². The number of para-hydroxylation sites is 1. The van der Waals surface area contributed by atoms with E-state index in [1.165, 1.54) is 0 Å². The van der Waals surface area contributed by atoms with Gasteiger partial charge < -0.3 is 4.74 Å². The molecule has 0 spiro atoms. The van der Waals surface area contributed by atoms with Crippen molar-refractivity contribution in [2.24, 2.45) is 0 Å². The summed E-state index contributed by atoms with van der Waals surface area (Å²) in [4.78, 5) is 0.359. The smallest absolute Gasteiger partial charge is 0.243 e. The first-order valence-corrected chi connectivity index (χ1v) is 11.7. The molecule has 1 fully saturated rings. The predicted molar refractivity (Wildman–Crippen MR) is 113 cm³/mol. The van der Waals surface area contributed by atoms with Gasteiger partial charge in [0.25, 0.3) is 0 Å². The van der Waals surface area contributed by atoms with Crippen LogP contribution in [0.1, 0.15) is 31.4 Å². The summed E-state index contributed by atoms with van der Waals surface area (Å²) in [6.45, 7) is 1.53. The molecule has 4 rings (SSSR count). The largest absolute Gasteiger partial charge is 0.487 e. The summed E-state index contributed by atoms with van der Waals surface area (Å²) in [5, 5.41) is 8.34. The number of sulfonamides is 1. The third-order valence-corrected chi connectivity index (χ3v) is 7.30. The Morgan fingerprint density at radius 1 is 1.00 bits per heavy atom. The number of nitrogens with zero attached hydrogens (tertiary/aromatic N) is 4. The number of rotatable bonds is 8. The second-order valence-corrected chi connectivity index (χ2v) is 9.33. The molecule has 7 nitrogen and oxygen atoms in total. The summed E-state index contributed by atoms with van der Waals surface area (Å²) in [6.07, 6.45) is 5.37. The minimum absolute atomic E-state index is 0.0304. The number of benzene rings is 2. The van der Waals surface area contributed by atoms with E-state index in [-0.39, 0.29) is 6.04 Å². The number of piperidine rings is 1. The Hall–Kier alpha value is -2.71. The van der Waals surface area contributed by atoms with Crippen molar-refractivity contribution in [3.8, 4) is 5.75 Å². The first kappa shape index (κ1) is 20.6. The molecule has 1 aliphatic rings. The van der Waals surface area contributed by atoms with Gasteiger partial charge in [0.1, 0.15) is 18.1 Å². The summed E-state index contributed by atoms with van der Waals surface area (Å²) in [6, 6.07) is 18.2. The number of aryl methyl sites for hydroxylation is 1. The van der Waals surface area contributed by atoms with Gasteiger partial charge in [0.2, 0.25) is 10.0 Å². The topological polar surface area (TPSA) is 77.3 Å². The number of ether oxygens (including phenoxy) is 1. The average molecular weight is 427 g/mol. The van der Waals surface area contributed by atoms with Crippen molar-refractivity contribution in [3.05, 3.63) is 72.6 Å². The van der Waals surface area contributed by atoms with E-state index in [4.69, 9.17) is 4.74 Å². The van der Waals surface area contributed by atoms with Gasteiger partial charge in [0.15, 0.2) is 0 Å². The summed E-state index contributed by atoms with van der Waals surface area (Å²) in [7, 11) is -3.48. The van der Waals surface area contributed by atoms with Crippen molar-refractivity contribution in [3.63, 3.8) is 0 Å². The van der Waals surface area contributed by atoms with Crippen LogP contribution in [0.2, 0.25) is 0 Å². The van der Waals surface area contributed by atoms with Crippen LogP contribution in [0, 0.1) is 0 Å². The molecule has 1 aromatic heterocycles. The minimum atomic E-state index is -3.48. The van der Waals surface area contributed by atoms with E-state index < -0.39 is 10.0 Å². The summed E-state index contributed by atoms with van der Waals surface area (Å²) in [5.74, 6) is 0.788. The highest BCUT2D eigenvalue weighted by Gasteiger charge is 2.33. The molecule has 8 heteroatoms. The fourth-order valence-corrected chi connectivity index (χ4v) is 5.52. The molecule has 0 N–H and O–H groups in total. The van der Waals surface area contributed by atoms with Crippen molar-refractivity contribution in [2.45, 2.75) is 49.8 Å². The van der Waals surface area contributed by atoms with E-state index in [1.807, 2.05) is 42.6 Å². The van der Waals surface area contributed by atoms with Crippen LogP contribution < -0.4 is 4.74 Å². The van der Waals surface area contributed by atoms with Crippen LogP contribution in [0.25, 0.3) is 0 Å². The standard InChI is InChI=1S/C22H26N4O3S/c27-30(28,22-12-5-2-6-13-22)26-15-8-7-9-20(26)14-16-25-17-19(23-24-25)18-29-21-10-3-1-4-11-21/h1-6,10-13,17,20H,7-9,14-16,18H2. The normalized spacial score (nSPS) is 17.7. The van der Waals surface area contributed by atoms with Crippen molar-refractivity contribution in [2.75, 3.05) is 6.54 Å². The van der Waals surface area contributed by atoms with Gasteiger partial charge in [-0.1, -0.05) is 48.0 Å². The second kappa shape index (κ2) is 9.40. The Morgan fingerprint density at radius 2 is 1.73 bits per heavy atom. The van der Waals surface area contributed by atoms with E-state index in [9.17, 15) is 8.42 Å². The molecule has 30 heavy (non-hydrogen) atoms. The molecule has 3 aromatic rings. The molecule has 0 saturated carbocycles. The van der Waals surface area contributed by atoms with Crippen LogP contribution in [-0.2, 0) is 23.2 Å². The first-order valence-electron chi connectivity index (χ1n) is 10.3. The Balaban J connectivity index is 1.37. The molecule has 2 aromatic carbocycles. The molecule has 2 heterocycles. The summed E-state index contributed by atoms with van der Waals surface area (Å²) in [5.41, 5.74) is 0.747. The van der Waals surface area contributed by atoms with Crippen LogP contribution in [0.4, 0.5) is 0 Å². The molecule has 0 bridgehead atoms. The molecule has 0 radical (unpaired) electrons. The molecular formula is C22H26N4O3S. The molecule has 0 amide bonds. The molecule has 1 atom stereocenters. The second-order valence-electron chi connectivity index (χ2n) is 7.44. The maximum Gasteiger partial charge on any atom is 0.243 e. The van der Waals surface area contributed by atoms with Gasteiger partial charge in [-0.15, -0.1) is 5.10 Å². The number of hydrogen-bond acceptors (Lipinski definition) is 5. The van der Waals surface area contributed by atoms with Crippen LogP contribution in [0.5, 0.6) is 5.75 Å². The van der Waals surface area contributed by atoms with Crippen LogP contribution in [0.15, 0.2) is 71.8 Å². The number of aromatic nitrogens is 3. The zero-order chi connectivity index (χ0) is 20.8. The summed E-state index contributed by atoms with van der Waals surface area (Å²) < 4.78 is 35.4. The summed E-state index contributed by atoms with van der Waals surface area (Å²) >= 11 is 0. The van der Waals surface area contributed by atoms with Gasteiger partial charge >= 0.3 is 0 Å². The average Bonchev–Trinajstić information content (AvgIpc) is 3.26. The van der Waals surface area contributed by atoms with Gasteiger partial charge in [0, 0.05) is 19.1 Å². The van der Waals surface area contributed by atoms with Crippen LogP contribution >= 0.6 is 0 Å². The zero-order valence-electron chi connectivity index (χ0n) is 16.8. The molecule has 0 aliphatic carbocycles. The first-order chi connectivity index (χ1) is 14.6. The monoisotopic (exact) mass is 426 g/mol. The highest BCUT2D eigenvalue weighted by molar-refractivity contribution is 7.89. The van der Waals surface area contributed by atoms with E-state index in [1.54, 1.807) is 33.3 Å². The van der Waals surface area contributed by atoms with Gasteiger partial charge in [0.05, 0.1) is 11.1 Å². The maximum absolute atomic E-state index is 13.1. The van der Waals surface area contributed by atoms with Gasteiger partial charge in [-0.2, -0.15) is 4.31 Å². The SMILES string of the molecule is O=S(=O)(c1ccccc1)N1CCCCC1CCn1cc(COc2ccccc2)nn1. The third-order valence-electron chi connectivity index (χ3n) is 5.33. The van der Waals surface area contributed by atoms with E-state index in [0.717, 1.165) is 30.7 Å². The molecule has 1 aliphatic heterocycles. The van der Waals surface area contributed by atoms with Crippen molar-refractivity contribution in [1.29, 1.82) is 0 Å². The Morgan fingerprint density at radius 3 is 2.50 bits per heavy atom. The fraction of sp³-hybridized carbons (Fsp3) is 0.364.